The molecule has 2 N–H and O–H groups in total. The monoisotopic (exact) mass is 307 g/mol. The van der Waals surface area contributed by atoms with Crippen LogP contribution in [0.5, 0.6) is 5.75 Å². The lowest BCUT2D eigenvalue weighted by Crippen LogP contribution is -2.44. The Labute approximate surface area is 129 Å². The maximum atomic E-state index is 12.5. The summed E-state index contributed by atoms with van der Waals surface area (Å²) >= 11 is 0. The predicted octanol–water partition coefficient (Wildman–Crippen LogP) is 2.29. The van der Waals surface area contributed by atoms with Crippen LogP contribution in [0.1, 0.15) is 26.7 Å². The molecule has 0 aromatic heterocycles. The second-order valence-corrected chi connectivity index (χ2v) is 5.48. The quantitative estimate of drug-likeness (QED) is 0.769. The summed E-state index contributed by atoms with van der Waals surface area (Å²) in [6.07, 6.45) is 2.01. The standard InChI is InChI=1S/C16H21NO5/c1-3-22-16(2,11-4-5-11)15(20)17-12-6-8-13(9-7-12)21-10-14(18)19/h6-9,11H,3-5,10H2,1-2H3,(H,17,20)(H,18,19)/t16-/m0/s1. The number of carbonyl (C=O) groups excluding carboxylic acids is 1. The highest BCUT2D eigenvalue weighted by Crippen LogP contribution is 2.42. The number of carboxylic acids is 1. The summed E-state index contributed by atoms with van der Waals surface area (Å²) in [7, 11) is 0. The fraction of sp³-hybridized carbons (Fsp3) is 0.500. The number of anilines is 1. The highest BCUT2D eigenvalue weighted by Gasteiger charge is 2.48. The summed E-state index contributed by atoms with van der Waals surface area (Å²) in [6, 6.07) is 6.59. The van der Waals surface area contributed by atoms with E-state index in [-0.39, 0.29) is 11.8 Å². The van der Waals surface area contributed by atoms with Gasteiger partial charge in [-0.1, -0.05) is 0 Å². The number of carbonyl (C=O) groups is 2. The van der Waals surface area contributed by atoms with E-state index in [4.69, 9.17) is 14.6 Å². The van der Waals surface area contributed by atoms with E-state index >= 15 is 0 Å². The van der Waals surface area contributed by atoms with Crippen LogP contribution in [-0.4, -0.2) is 35.8 Å². The molecule has 22 heavy (non-hydrogen) atoms. The Kier molecular flexibility index (Phi) is 5.03. The first-order chi connectivity index (χ1) is 10.5. The van der Waals surface area contributed by atoms with Gasteiger partial charge >= 0.3 is 5.97 Å². The molecule has 1 amide bonds. The molecule has 1 aromatic carbocycles. The van der Waals surface area contributed by atoms with Crippen molar-refractivity contribution in [2.24, 2.45) is 5.92 Å². The van der Waals surface area contributed by atoms with Crippen LogP contribution in [0.15, 0.2) is 24.3 Å². The summed E-state index contributed by atoms with van der Waals surface area (Å²) in [6.45, 7) is 3.80. The number of benzene rings is 1. The fourth-order valence-corrected chi connectivity index (χ4v) is 2.34. The average Bonchev–Trinajstić information content (AvgIpc) is 3.31. The van der Waals surface area contributed by atoms with Gasteiger partial charge in [-0.3, -0.25) is 4.79 Å². The van der Waals surface area contributed by atoms with Gasteiger partial charge in [0.25, 0.3) is 5.91 Å². The Hall–Kier alpha value is -2.08. The number of hydrogen-bond donors (Lipinski definition) is 2. The molecule has 0 radical (unpaired) electrons. The van der Waals surface area contributed by atoms with Crippen LogP contribution in [0.3, 0.4) is 0 Å². The highest BCUT2D eigenvalue weighted by molar-refractivity contribution is 5.97. The Morgan fingerprint density at radius 2 is 1.95 bits per heavy atom. The SMILES string of the molecule is CCO[C@](C)(C(=O)Nc1ccc(OCC(=O)O)cc1)C1CC1. The van der Waals surface area contributed by atoms with Gasteiger partial charge in [0.2, 0.25) is 0 Å². The predicted molar refractivity (Wildman–Crippen MR) is 81.0 cm³/mol. The molecule has 0 saturated heterocycles. The van der Waals surface area contributed by atoms with Crippen molar-refractivity contribution in [3.05, 3.63) is 24.3 Å². The largest absolute Gasteiger partial charge is 0.482 e. The maximum Gasteiger partial charge on any atom is 0.341 e. The maximum absolute atomic E-state index is 12.5. The van der Waals surface area contributed by atoms with Crippen molar-refractivity contribution in [3.8, 4) is 5.75 Å². The van der Waals surface area contributed by atoms with Gasteiger partial charge in [0, 0.05) is 12.3 Å². The molecule has 120 valence electrons. The molecule has 0 unspecified atom stereocenters. The van der Waals surface area contributed by atoms with E-state index in [0.717, 1.165) is 12.8 Å². The van der Waals surface area contributed by atoms with E-state index in [1.807, 2.05) is 13.8 Å². The molecule has 1 fully saturated rings. The lowest BCUT2D eigenvalue weighted by Gasteiger charge is -2.28. The van der Waals surface area contributed by atoms with Gasteiger partial charge in [-0.25, -0.2) is 4.79 Å². The van der Waals surface area contributed by atoms with Crippen LogP contribution in [0.2, 0.25) is 0 Å². The Morgan fingerprint density at radius 3 is 2.45 bits per heavy atom. The second-order valence-electron chi connectivity index (χ2n) is 5.48. The van der Waals surface area contributed by atoms with Gasteiger partial charge in [-0.2, -0.15) is 0 Å². The highest BCUT2D eigenvalue weighted by atomic mass is 16.5. The molecule has 1 saturated carbocycles. The third-order valence-electron chi connectivity index (χ3n) is 3.73. The number of ether oxygens (including phenoxy) is 2. The molecular formula is C16H21NO5. The van der Waals surface area contributed by atoms with Crippen LogP contribution in [0.4, 0.5) is 5.69 Å². The van der Waals surface area contributed by atoms with Gasteiger partial charge in [0.15, 0.2) is 6.61 Å². The summed E-state index contributed by atoms with van der Waals surface area (Å²) in [5.74, 6) is -0.480. The zero-order chi connectivity index (χ0) is 16.2. The molecule has 0 aliphatic heterocycles. The molecule has 6 nitrogen and oxygen atoms in total. The molecule has 0 heterocycles. The van der Waals surface area contributed by atoms with Gasteiger partial charge in [-0.15, -0.1) is 0 Å². The summed E-state index contributed by atoms with van der Waals surface area (Å²) < 4.78 is 10.7. The van der Waals surface area contributed by atoms with Gasteiger partial charge in [-0.05, 0) is 56.9 Å². The third-order valence-corrected chi connectivity index (χ3v) is 3.73. The topological polar surface area (TPSA) is 84.9 Å². The van der Waals surface area contributed by atoms with Crippen LogP contribution >= 0.6 is 0 Å². The Morgan fingerprint density at radius 1 is 1.32 bits per heavy atom. The number of hydrogen-bond acceptors (Lipinski definition) is 4. The first-order valence-corrected chi connectivity index (χ1v) is 7.35. The number of carboxylic acid groups (broad SMARTS) is 1. The fourth-order valence-electron chi connectivity index (χ4n) is 2.34. The van der Waals surface area contributed by atoms with Crippen LogP contribution < -0.4 is 10.1 Å². The van der Waals surface area contributed by atoms with Crippen molar-refractivity contribution < 1.29 is 24.2 Å². The van der Waals surface area contributed by atoms with Crippen LogP contribution in [-0.2, 0) is 14.3 Å². The molecular weight excluding hydrogens is 286 g/mol. The minimum atomic E-state index is -1.03. The van der Waals surface area contributed by atoms with E-state index < -0.39 is 18.2 Å². The minimum Gasteiger partial charge on any atom is -0.482 e. The normalized spacial score (nSPS) is 16.6. The third kappa shape index (κ3) is 3.98. The van der Waals surface area contributed by atoms with Crippen molar-refractivity contribution in [1.82, 2.24) is 0 Å². The summed E-state index contributed by atoms with van der Waals surface area (Å²) in [4.78, 5) is 22.9. The molecule has 6 heteroatoms. The van der Waals surface area contributed by atoms with Crippen molar-refractivity contribution in [2.45, 2.75) is 32.3 Å². The van der Waals surface area contributed by atoms with Gasteiger partial charge in [0.1, 0.15) is 11.4 Å². The average molecular weight is 307 g/mol. The van der Waals surface area contributed by atoms with E-state index in [9.17, 15) is 9.59 Å². The number of amides is 1. The van der Waals surface area contributed by atoms with Crippen LogP contribution in [0.25, 0.3) is 0 Å². The molecule has 2 rings (SSSR count). The Balaban J connectivity index is 1.97. The molecule has 0 spiro atoms. The van der Waals surface area contributed by atoms with E-state index in [0.29, 0.717) is 18.0 Å². The summed E-state index contributed by atoms with van der Waals surface area (Å²) in [5, 5.41) is 11.4. The zero-order valence-corrected chi connectivity index (χ0v) is 12.8. The molecule has 1 aliphatic carbocycles. The smallest absolute Gasteiger partial charge is 0.341 e. The van der Waals surface area contributed by atoms with E-state index in [2.05, 4.69) is 5.32 Å². The molecule has 1 aromatic rings. The van der Waals surface area contributed by atoms with Gasteiger partial charge in [0.05, 0.1) is 0 Å². The van der Waals surface area contributed by atoms with Crippen LogP contribution in [0, 0.1) is 5.92 Å². The lowest BCUT2D eigenvalue weighted by molar-refractivity contribution is -0.141. The molecule has 1 atom stereocenters. The number of nitrogens with one attached hydrogen (secondary N) is 1. The zero-order valence-electron chi connectivity index (χ0n) is 12.8. The van der Waals surface area contributed by atoms with Crippen molar-refractivity contribution in [3.63, 3.8) is 0 Å². The molecule has 0 bridgehead atoms. The van der Waals surface area contributed by atoms with Crippen molar-refractivity contribution in [2.75, 3.05) is 18.5 Å². The number of rotatable bonds is 8. The minimum absolute atomic E-state index is 0.156. The van der Waals surface area contributed by atoms with Gasteiger partial charge < -0.3 is 19.9 Å². The van der Waals surface area contributed by atoms with E-state index in [1.54, 1.807) is 24.3 Å². The van der Waals surface area contributed by atoms with Crippen molar-refractivity contribution in [1.29, 1.82) is 0 Å². The second kappa shape index (κ2) is 6.79. The van der Waals surface area contributed by atoms with Crippen molar-refractivity contribution >= 4 is 17.6 Å². The first-order valence-electron chi connectivity index (χ1n) is 7.35. The first kappa shape index (κ1) is 16.3. The van der Waals surface area contributed by atoms with E-state index in [1.165, 1.54) is 0 Å². The summed E-state index contributed by atoms with van der Waals surface area (Å²) in [5.41, 5.74) is -0.174. The molecule has 1 aliphatic rings. The Bertz CT molecular complexity index is 538. The number of aliphatic carboxylic acids is 1. The lowest BCUT2D eigenvalue weighted by atomic mass is 9.99.